The third kappa shape index (κ3) is 4.00. The van der Waals surface area contributed by atoms with Crippen molar-refractivity contribution in [3.8, 4) is 0 Å². The molecule has 1 aliphatic rings. The Bertz CT molecular complexity index is 240. The third-order valence-corrected chi connectivity index (χ3v) is 2.70. The minimum absolute atomic E-state index is 0.0165. The van der Waals surface area contributed by atoms with Crippen molar-refractivity contribution >= 4 is 22.8 Å². The number of aliphatic imine (C=N–C) groups is 1. The first-order valence-electron chi connectivity index (χ1n) is 4.82. The molecular formula is C9H17N3OS. The largest absolute Gasteiger partial charge is 0.356 e. The molecule has 1 amide bonds. The molecule has 1 heterocycles. The molecule has 1 aliphatic heterocycles. The quantitative estimate of drug-likeness (QED) is 0.724. The van der Waals surface area contributed by atoms with Crippen LogP contribution in [0.15, 0.2) is 4.99 Å². The highest BCUT2D eigenvalue weighted by Crippen LogP contribution is 2.17. The molecule has 0 saturated carbocycles. The van der Waals surface area contributed by atoms with Gasteiger partial charge in [0.1, 0.15) is 0 Å². The molecule has 80 valence electrons. The average Bonchev–Trinajstić information content (AvgIpc) is 2.47. The topological polar surface area (TPSA) is 53.5 Å². The Morgan fingerprint density at radius 1 is 1.71 bits per heavy atom. The van der Waals surface area contributed by atoms with Crippen LogP contribution in [0.3, 0.4) is 0 Å². The van der Waals surface area contributed by atoms with Gasteiger partial charge in [-0.2, -0.15) is 0 Å². The maximum Gasteiger partial charge on any atom is 0.239 e. The summed E-state index contributed by atoms with van der Waals surface area (Å²) in [6.45, 7) is 7.18. The highest BCUT2D eigenvalue weighted by molar-refractivity contribution is 8.14. The predicted octanol–water partition coefficient (Wildman–Crippen LogP) is 0.592. The molecule has 14 heavy (non-hydrogen) atoms. The minimum Gasteiger partial charge on any atom is -0.356 e. The molecule has 0 aliphatic carbocycles. The summed E-state index contributed by atoms with van der Waals surface area (Å²) in [5.41, 5.74) is 0. The number of carbonyl (C=O) groups is 1. The summed E-state index contributed by atoms with van der Waals surface area (Å²) < 4.78 is 0. The molecule has 1 unspecified atom stereocenters. The summed E-state index contributed by atoms with van der Waals surface area (Å²) >= 11 is 1.69. The average molecular weight is 215 g/mol. The smallest absolute Gasteiger partial charge is 0.239 e. The van der Waals surface area contributed by atoms with Gasteiger partial charge in [0.2, 0.25) is 5.91 Å². The van der Waals surface area contributed by atoms with Crippen molar-refractivity contribution in [1.29, 1.82) is 0 Å². The molecule has 0 aromatic heterocycles. The fourth-order valence-electron chi connectivity index (χ4n) is 1.10. The zero-order chi connectivity index (χ0) is 10.6. The van der Waals surface area contributed by atoms with E-state index in [2.05, 4.69) is 22.5 Å². The Morgan fingerprint density at radius 3 is 2.93 bits per heavy atom. The van der Waals surface area contributed by atoms with Gasteiger partial charge in [-0.25, -0.2) is 0 Å². The Kier molecular flexibility index (Phi) is 4.25. The van der Waals surface area contributed by atoms with E-state index in [4.69, 9.17) is 0 Å². The van der Waals surface area contributed by atoms with Gasteiger partial charge in [-0.3, -0.25) is 9.79 Å². The van der Waals surface area contributed by atoms with Crippen molar-refractivity contribution in [2.45, 2.75) is 32.1 Å². The van der Waals surface area contributed by atoms with E-state index in [-0.39, 0.29) is 11.9 Å². The van der Waals surface area contributed by atoms with Gasteiger partial charge < -0.3 is 10.6 Å². The number of rotatable bonds is 3. The minimum atomic E-state index is 0.0165. The molecule has 1 rings (SSSR count). The van der Waals surface area contributed by atoms with Gasteiger partial charge in [0, 0.05) is 11.3 Å². The van der Waals surface area contributed by atoms with Gasteiger partial charge in [0.15, 0.2) is 5.17 Å². The van der Waals surface area contributed by atoms with Crippen molar-refractivity contribution in [2.24, 2.45) is 4.99 Å². The highest BCUT2D eigenvalue weighted by atomic mass is 32.2. The number of hydrogen-bond acceptors (Lipinski definition) is 4. The van der Waals surface area contributed by atoms with Crippen LogP contribution in [-0.4, -0.2) is 35.5 Å². The lowest BCUT2D eigenvalue weighted by molar-refractivity contribution is -0.120. The second-order valence-electron chi connectivity index (χ2n) is 3.65. The van der Waals surface area contributed by atoms with Crippen molar-refractivity contribution in [1.82, 2.24) is 10.6 Å². The summed E-state index contributed by atoms with van der Waals surface area (Å²) in [5, 5.41) is 7.25. The number of nitrogens with one attached hydrogen (secondary N) is 2. The van der Waals surface area contributed by atoms with Crippen molar-refractivity contribution in [3.05, 3.63) is 0 Å². The van der Waals surface area contributed by atoms with Crippen LogP contribution < -0.4 is 10.6 Å². The summed E-state index contributed by atoms with van der Waals surface area (Å²) in [7, 11) is 0. The normalized spacial score (nSPS) is 20.9. The molecule has 0 aromatic rings. The maximum absolute atomic E-state index is 11.3. The van der Waals surface area contributed by atoms with Crippen molar-refractivity contribution in [3.63, 3.8) is 0 Å². The van der Waals surface area contributed by atoms with E-state index in [0.717, 1.165) is 11.7 Å². The van der Waals surface area contributed by atoms with Crippen LogP contribution in [0.2, 0.25) is 0 Å². The van der Waals surface area contributed by atoms with E-state index in [1.807, 2.05) is 13.8 Å². The molecule has 0 spiro atoms. The standard InChI is InChI=1S/C9H17N3OS/c1-6(2)12-8(13)5-11-9-10-4-7(3)14-9/h6-7H,4-5H2,1-3H3,(H,10,11)(H,12,13). The fourth-order valence-corrected chi connectivity index (χ4v) is 1.94. The first kappa shape index (κ1) is 11.4. The Balaban J connectivity index is 2.17. The van der Waals surface area contributed by atoms with E-state index in [1.165, 1.54) is 0 Å². The molecule has 0 fully saturated rings. The Hall–Kier alpha value is -0.710. The van der Waals surface area contributed by atoms with Gasteiger partial charge in [0.25, 0.3) is 0 Å². The third-order valence-electron chi connectivity index (χ3n) is 1.65. The van der Waals surface area contributed by atoms with E-state index in [0.29, 0.717) is 11.8 Å². The molecule has 0 radical (unpaired) electrons. The lowest BCUT2D eigenvalue weighted by Crippen LogP contribution is -2.38. The van der Waals surface area contributed by atoms with E-state index >= 15 is 0 Å². The lowest BCUT2D eigenvalue weighted by Gasteiger charge is -2.09. The number of nitrogens with zero attached hydrogens (tertiary/aromatic N) is 1. The van der Waals surface area contributed by atoms with Gasteiger partial charge >= 0.3 is 0 Å². The van der Waals surface area contributed by atoms with Crippen LogP contribution >= 0.6 is 11.8 Å². The molecular weight excluding hydrogens is 198 g/mol. The Labute approximate surface area is 88.9 Å². The zero-order valence-corrected chi connectivity index (χ0v) is 9.65. The summed E-state index contributed by atoms with van der Waals surface area (Å²) in [4.78, 5) is 15.5. The Morgan fingerprint density at radius 2 is 2.43 bits per heavy atom. The van der Waals surface area contributed by atoms with Gasteiger partial charge in [0.05, 0.1) is 13.1 Å². The van der Waals surface area contributed by atoms with Crippen LogP contribution in [0.4, 0.5) is 0 Å². The molecule has 0 bridgehead atoms. The summed E-state index contributed by atoms with van der Waals surface area (Å²) in [6, 6.07) is 0.196. The maximum atomic E-state index is 11.3. The van der Waals surface area contributed by atoms with Crippen molar-refractivity contribution < 1.29 is 4.79 Å². The monoisotopic (exact) mass is 215 g/mol. The fraction of sp³-hybridized carbons (Fsp3) is 0.778. The number of carbonyl (C=O) groups excluding carboxylic acids is 1. The number of amidine groups is 1. The molecule has 0 aromatic carbocycles. The molecule has 1 atom stereocenters. The molecule has 5 heteroatoms. The second kappa shape index (κ2) is 5.24. The molecule has 2 N–H and O–H groups in total. The predicted molar refractivity (Wildman–Crippen MR) is 60.6 cm³/mol. The van der Waals surface area contributed by atoms with Crippen LogP contribution in [0.5, 0.6) is 0 Å². The summed E-state index contributed by atoms with van der Waals surface area (Å²) in [5.74, 6) is 0.0165. The zero-order valence-electron chi connectivity index (χ0n) is 8.83. The van der Waals surface area contributed by atoms with Gasteiger partial charge in [-0.1, -0.05) is 18.7 Å². The van der Waals surface area contributed by atoms with Crippen LogP contribution in [0, 0.1) is 0 Å². The van der Waals surface area contributed by atoms with Gasteiger partial charge in [-0.15, -0.1) is 0 Å². The van der Waals surface area contributed by atoms with Crippen LogP contribution in [-0.2, 0) is 4.79 Å². The highest BCUT2D eigenvalue weighted by Gasteiger charge is 2.15. The van der Waals surface area contributed by atoms with E-state index < -0.39 is 0 Å². The number of hydrogen-bond donors (Lipinski definition) is 2. The van der Waals surface area contributed by atoms with Crippen LogP contribution in [0.25, 0.3) is 0 Å². The SMILES string of the molecule is CC(C)NC(=O)CNC1=NCC(C)S1. The first-order valence-corrected chi connectivity index (χ1v) is 5.70. The number of thioether (sulfide) groups is 1. The first-order chi connectivity index (χ1) is 6.58. The number of amides is 1. The second-order valence-corrected chi connectivity index (χ2v) is 5.08. The van der Waals surface area contributed by atoms with E-state index in [9.17, 15) is 4.79 Å². The van der Waals surface area contributed by atoms with E-state index in [1.54, 1.807) is 11.8 Å². The van der Waals surface area contributed by atoms with Gasteiger partial charge in [-0.05, 0) is 13.8 Å². The lowest BCUT2D eigenvalue weighted by atomic mass is 10.4. The van der Waals surface area contributed by atoms with Crippen LogP contribution in [0.1, 0.15) is 20.8 Å². The van der Waals surface area contributed by atoms with Crippen molar-refractivity contribution in [2.75, 3.05) is 13.1 Å². The molecule has 4 nitrogen and oxygen atoms in total. The summed E-state index contributed by atoms with van der Waals surface area (Å²) in [6.07, 6.45) is 0. The molecule has 0 saturated heterocycles.